The molecule has 176 valence electrons. The second kappa shape index (κ2) is 8.88. The van der Waals surface area contributed by atoms with Gasteiger partial charge in [0.15, 0.2) is 5.49 Å². The number of carbonyl (C=O) groups excluding carboxylic acids is 1. The fourth-order valence-corrected chi connectivity index (χ4v) is 4.76. The molecular weight excluding hydrogens is 466 g/mol. The zero-order valence-corrected chi connectivity index (χ0v) is 19.6. The Kier molecular flexibility index (Phi) is 5.74. The molecule has 5 rings (SSSR count). The lowest BCUT2D eigenvalue weighted by molar-refractivity contribution is 0.0735. The Balaban J connectivity index is 1.56. The van der Waals surface area contributed by atoms with Gasteiger partial charge in [0.25, 0.3) is 11.5 Å². The van der Waals surface area contributed by atoms with E-state index in [4.69, 9.17) is 17.0 Å². The van der Waals surface area contributed by atoms with Gasteiger partial charge in [0.05, 0.1) is 11.0 Å². The Bertz CT molecular complexity index is 1620. The summed E-state index contributed by atoms with van der Waals surface area (Å²) >= 11 is 6.31. The smallest absolute Gasteiger partial charge is 0.291 e. The van der Waals surface area contributed by atoms with Crippen molar-refractivity contribution in [1.82, 2.24) is 14.5 Å². The van der Waals surface area contributed by atoms with Crippen molar-refractivity contribution in [1.29, 1.82) is 5.41 Å². The highest BCUT2D eigenvalue weighted by Gasteiger charge is 2.24. The number of aliphatic imine (C=N–C) groups is 1. The molecule has 2 heterocycles. The number of amides is 1. The molecule has 9 heteroatoms. The number of hydrogen-bond donors (Lipinski definition) is 3. The average molecular weight is 488 g/mol. The fraction of sp³-hybridized carbons (Fsp3) is 0.154. The lowest BCUT2D eigenvalue weighted by atomic mass is 9.99. The summed E-state index contributed by atoms with van der Waals surface area (Å²) in [6.07, 6.45) is 0.677. The van der Waals surface area contributed by atoms with Gasteiger partial charge < -0.3 is 15.0 Å². The molecule has 0 aliphatic carbocycles. The van der Waals surface area contributed by atoms with Crippen molar-refractivity contribution in [2.75, 3.05) is 13.6 Å². The molecule has 4 aromatic rings. The first-order valence-electron chi connectivity index (χ1n) is 11.0. The van der Waals surface area contributed by atoms with Gasteiger partial charge in [-0.25, -0.2) is 0 Å². The highest BCUT2D eigenvalue weighted by atomic mass is 35.5. The number of aromatic nitrogens is 2. The lowest BCUT2D eigenvalue weighted by Gasteiger charge is -2.29. The summed E-state index contributed by atoms with van der Waals surface area (Å²) in [5, 5.41) is 18.7. The van der Waals surface area contributed by atoms with Crippen molar-refractivity contribution in [2.45, 2.75) is 13.0 Å². The van der Waals surface area contributed by atoms with Crippen molar-refractivity contribution >= 4 is 34.4 Å². The SMILES string of the molecule is C/N=C(/c1ccc(O)cc1)n1c(=N)c(=O)[nH]c2cc(C(=O)N3CCc4c(Cl)cccc4C3)ccc21. The number of aromatic amines is 1. The van der Waals surface area contributed by atoms with Gasteiger partial charge in [0.1, 0.15) is 11.6 Å². The number of phenolic OH excluding ortho intramolecular Hbond substituents is 1. The molecule has 1 aromatic heterocycles. The topological polar surface area (TPSA) is 115 Å². The van der Waals surface area contributed by atoms with Gasteiger partial charge in [-0.05, 0) is 66.1 Å². The first-order chi connectivity index (χ1) is 16.9. The predicted molar refractivity (Wildman–Crippen MR) is 134 cm³/mol. The molecule has 0 saturated carbocycles. The third-order valence-corrected chi connectivity index (χ3v) is 6.57. The number of halogens is 1. The van der Waals surface area contributed by atoms with Gasteiger partial charge in [-0.2, -0.15) is 0 Å². The van der Waals surface area contributed by atoms with Crippen LogP contribution in [0.15, 0.2) is 70.5 Å². The van der Waals surface area contributed by atoms with Crippen LogP contribution >= 0.6 is 11.6 Å². The van der Waals surface area contributed by atoms with E-state index in [1.807, 2.05) is 18.2 Å². The van der Waals surface area contributed by atoms with E-state index in [0.29, 0.717) is 47.5 Å². The first kappa shape index (κ1) is 22.6. The van der Waals surface area contributed by atoms with E-state index in [1.165, 1.54) is 16.7 Å². The van der Waals surface area contributed by atoms with Crippen molar-refractivity contribution in [3.05, 3.63) is 104 Å². The average Bonchev–Trinajstić information content (AvgIpc) is 2.87. The number of fused-ring (bicyclic) bond motifs is 2. The third kappa shape index (κ3) is 4.02. The van der Waals surface area contributed by atoms with E-state index < -0.39 is 5.56 Å². The summed E-state index contributed by atoms with van der Waals surface area (Å²) in [4.78, 5) is 34.8. The van der Waals surface area contributed by atoms with Crippen LogP contribution in [0, 0.1) is 5.41 Å². The van der Waals surface area contributed by atoms with E-state index in [-0.39, 0.29) is 17.1 Å². The van der Waals surface area contributed by atoms with Crippen LogP contribution in [0.2, 0.25) is 5.02 Å². The molecular formula is C26H22ClN5O3. The number of carbonyl (C=O) groups is 1. The molecule has 8 nitrogen and oxygen atoms in total. The second-order valence-electron chi connectivity index (χ2n) is 8.32. The quantitative estimate of drug-likeness (QED) is 0.297. The van der Waals surface area contributed by atoms with Crippen molar-refractivity contribution in [2.24, 2.45) is 4.99 Å². The molecule has 1 aliphatic rings. The number of nitrogens with one attached hydrogen (secondary N) is 2. The Morgan fingerprint density at radius 2 is 1.86 bits per heavy atom. The number of rotatable bonds is 2. The molecule has 0 bridgehead atoms. The van der Waals surface area contributed by atoms with Gasteiger partial charge >= 0.3 is 0 Å². The van der Waals surface area contributed by atoms with Crippen molar-refractivity contribution in [3.8, 4) is 5.75 Å². The molecule has 0 atom stereocenters. The third-order valence-electron chi connectivity index (χ3n) is 6.22. The number of hydrogen-bond acceptors (Lipinski definition) is 5. The minimum Gasteiger partial charge on any atom is -0.508 e. The maximum Gasteiger partial charge on any atom is 0.291 e. The molecule has 3 aromatic carbocycles. The monoisotopic (exact) mass is 487 g/mol. The Morgan fingerprint density at radius 3 is 2.60 bits per heavy atom. The summed E-state index contributed by atoms with van der Waals surface area (Å²) in [5.74, 6) is 0.319. The zero-order valence-electron chi connectivity index (χ0n) is 18.9. The summed E-state index contributed by atoms with van der Waals surface area (Å²) in [6.45, 7) is 1.01. The van der Waals surface area contributed by atoms with Crippen LogP contribution in [-0.4, -0.2) is 44.9 Å². The fourth-order valence-electron chi connectivity index (χ4n) is 4.48. The molecule has 0 unspecified atom stereocenters. The van der Waals surface area contributed by atoms with Crippen LogP contribution in [0.3, 0.4) is 0 Å². The molecule has 1 amide bonds. The Hall–Kier alpha value is -4.17. The standard InChI is InChI=1S/C26H22ClN5O3/c1-29-24(15-5-8-18(33)9-6-15)32-22-10-7-16(13-21(22)30-25(34)23(32)28)26(35)31-12-11-19-17(14-31)3-2-4-20(19)27/h2-10,13,28,33H,11-12,14H2,1H3,(H,30,34)/b28-23?,29-24-. The van der Waals surface area contributed by atoms with E-state index in [2.05, 4.69) is 9.98 Å². The summed E-state index contributed by atoms with van der Waals surface area (Å²) < 4.78 is 1.44. The van der Waals surface area contributed by atoms with Gasteiger partial charge in [0.2, 0.25) is 0 Å². The molecule has 1 aliphatic heterocycles. The van der Waals surface area contributed by atoms with Crippen LogP contribution in [0.5, 0.6) is 5.75 Å². The van der Waals surface area contributed by atoms with E-state index in [9.17, 15) is 14.7 Å². The molecule has 0 saturated heterocycles. The van der Waals surface area contributed by atoms with Gasteiger partial charge in [-0.3, -0.25) is 24.6 Å². The zero-order chi connectivity index (χ0) is 24.7. The molecule has 0 fully saturated rings. The Morgan fingerprint density at radius 1 is 1.11 bits per heavy atom. The van der Waals surface area contributed by atoms with Gasteiger partial charge in [-0.1, -0.05) is 23.7 Å². The number of benzene rings is 3. The molecule has 35 heavy (non-hydrogen) atoms. The van der Waals surface area contributed by atoms with E-state index in [0.717, 1.165) is 16.1 Å². The summed E-state index contributed by atoms with van der Waals surface area (Å²) in [5.41, 5.74) is 3.20. The molecule has 0 spiro atoms. The highest BCUT2D eigenvalue weighted by molar-refractivity contribution is 6.31. The Labute approximate surface area is 205 Å². The van der Waals surface area contributed by atoms with Crippen molar-refractivity contribution < 1.29 is 9.90 Å². The van der Waals surface area contributed by atoms with Crippen LogP contribution in [0.1, 0.15) is 27.0 Å². The van der Waals surface area contributed by atoms with Crippen LogP contribution < -0.4 is 11.0 Å². The van der Waals surface area contributed by atoms with Crippen molar-refractivity contribution in [3.63, 3.8) is 0 Å². The van der Waals surface area contributed by atoms with Crippen LogP contribution in [0.4, 0.5) is 0 Å². The summed E-state index contributed by atoms with van der Waals surface area (Å²) in [7, 11) is 1.57. The van der Waals surface area contributed by atoms with E-state index in [1.54, 1.807) is 42.3 Å². The minimum atomic E-state index is -0.608. The van der Waals surface area contributed by atoms with Crippen LogP contribution in [0.25, 0.3) is 11.0 Å². The minimum absolute atomic E-state index is 0.0989. The summed E-state index contributed by atoms with van der Waals surface area (Å²) in [6, 6.07) is 17.1. The van der Waals surface area contributed by atoms with Crippen LogP contribution in [-0.2, 0) is 13.0 Å². The molecule has 3 N–H and O–H groups in total. The normalized spacial score (nSPS) is 13.7. The number of H-pyrrole nitrogens is 1. The lowest BCUT2D eigenvalue weighted by Crippen LogP contribution is -2.40. The van der Waals surface area contributed by atoms with E-state index >= 15 is 0 Å². The van der Waals surface area contributed by atoms with Gasteiger partial charge in [-0.15, -0.1) is 0 Å². The number of aromatic hydroxyl groups is 1. The molecule has 0 radical (unpaired) electrons. The number of phenols is 1. The maximum atomic E-state index is 13.3. The highest BCUT2D eigenvalue weighted by Crippen LogP contribution is 2.27. The predicted octanol–water partition coefficient (Wildman–Crippen LogP) is 3.29. The first-order valence-corrected chi connectivity index (χ1v) is 11.4. The maximum absolute atomic E-state index is 13.3. The van der Waals surface area contributed by atoms with Gasteiger partial charge in [0, 0.05) is 36.3 Å². The number of nitrogens with zero attached hydrogens (tertiary/aromatic N) is 3. The largest absolute Gasteiger partial charge is 0.508 e. The second-order valence-corrected chi connectivity index (χ2v) is 8.73.